The lowest BCUT2D eigenvalue weighted by Gasteiger charge is -2.08. The van der Waals surface area contributed by atoms with Crippen molar-refractivity contribution >= 4 is 57.2 Å². The van der Waals surface area contributed by atoms with E-state index < -0.39 is 0 Å². The Morgan fingerprint density at radius 2 is 1.88 bits per heavy atom. The first kappa shape index (κ1) is 21.4. The summed E-state index contributed by atoms with van der Waals surface area (Å²) >= 11 is 14.2. The van der Waals surface area contributed by atoms with Crippen molar-refractivity contribution in [1.82, 2.24) is 9.66 Å². The molecule has 0 atom stereocenters. The zero-order valence-electron chi connectivity index (χ0n) is 17.1. The maximum Gasteiger partial charge on any atom is 0.211 e. The van der Waals surface area contributed by atoms with Crippen molar-refractivity contribution in [3.8, 4) is 17.0 Å². The number of aromatic hydroxyl groups is 1. The molecule has 0 aliphatic carbocycles. The van der Waals surface area contributed by atoms with Crippen molar-refractivity contribution < 1.29 is 5.11 Å². The number of fused-ring (bicyclic) bond motifs is 1. The Hall–Kier alpha value is -3.45. The maximum absolute atomic E-state index is 10.5. The van der Waals surface area contributed by atoms with Gasteiger partial charge >= 0.3 is 0 Å². The third-order valence-corrected chi connectivity index (χ3v) is 6.39. The lowest BCUT2D eigenvalue weighted by atomic mass is 10.0. The van der Waals surface area contributed by atoms with Gasteiger partial charge in [0.1, 0.15) is 5.75 Å². The average molecular weight is 491 g/mol. The van der Waals surface area contributed by atoms with Gasteiger partial charge in [0, 0.05) is 27.7 Å². The smallest absolute Gasteiger partial charge is 0.211 e. The minimum Gasteiger partial charge on any atom is -0.507 e. The number of hydrogen-bond acceptors (Lipinski definition) is 5. The van der Waals surface area contributed by atoms with E-state index in [-0.39, 0.29) is 5.75 Å². The second kappa shape index (κ2) is 9.19. The standard InChI is InChI=1S/C25H16Cl2N4OS/c26-17-8-9-22(27)20(12-17)23-15-33-25(30-18-5-3-11-28-13-18)31(23)29-14-21-19-6-2-1-4-16(19)7-10-24(21)32/h1-15,32H. The first-order chi connectivity index (χ1) is 16.1. The Morgan fingerprint density at radius 3 is 2.73 bits per heavy atom. The molecule has 1 N–H and O–H groups in total. The molecule has 2 heterocycles. The SMILES string of the molecule is Oc1ccc2ccccc2c1C=Nn1c(-c2cc(Cl)ccc2Cl)csc1=Nc1cccnc1. The van der Waals surface area contributed by atoms with E-state index in [0.29, 0.717) is 26.1 Å². The van der Waals surface area contributed by atoms with Crippen LogP contribution < -0.4 is 4.80 Å². The summed E-state index contributed by atoms with van der Waals surface area (Å²) in [4.78, 5) is 9.45. The summed E-state index contributed by atoms with van der Waals surface area (Å²) in [6, 6.07) is 20.3. The number of phenols is 1. The number of pyridine rings is 1. The molecule has 0 bridgehead atoms. The number of nitrogens with zero attached hydrogens (tertiary/aromatic N) is 4. The summed E-state index contributed by atoms with van der Waals surface area (Å²) in [5, 5.41) is 20.2. The van der Waals surface area contributed by atoms with E-state index in [1.807, 2.05) is 47.8 Å². The lowest BCUT2D eigenvalue weighted by Crippen LogP contribution is -2.11. The largest absolute Gasteiger partial charge is 0.507 e. The summed E-state index contributed by atoms with van der Waals surface area (Å²) in [6.07, 6.45) is 5.01. The maximum atomic E-state index is 10.5. The third-order valence-electron chi connectivity index (χ3n) is 5.01. The number of thiazole rings is 1. The summed E-state index contributed by atoms with van der Waals surface area (Å²) in [5.41, 5.74) is 2.76. The van der Waals surface area contributed by atoms with E-state index in [1.165, 1.54) is 11.3 Å². The van der Waals surface area contributed by atoms with Gasteiger partial charge in [0.05, 0.1) is 28.8 Å². The van der Waals surface area contributed by atoms with Crippen LogP contribution >= 0.6 is 34.5 Å². The highest BCUT2D eigenvalue weighted by atomic mass is 35.5. The summed E-state index contributed by atoms with van der Waals surface area (Å²) in [7, 11) is 0. The first-order valence-electron chi connectivity index (χ1n) is 9.96. The van der Waals surface area contributed by atoms with Crippen LogP contribution in [0.3, 0.4) is 0 Å². The molecule has 0 fully saturated rings. The minimum absolute atomic E-state index is 0.140. The van der Waals surface area contributed by atoms with E-state index in [2.05, 4.69) is 4.98 Å². The molecule has 3 aromatic carbocycles. The van der Waals surface area contributed by atoms with Crippen LogP contribution in [0.4, 0.5) is 5.69 Å². The van der Waals surface area contributed by atoms with Crippen molar-refractivity contribution in [2.75, 3.05) is 0 Å². The number of rotatable bonds is 4. The van der Waals surface area contributed by atoms with Crippen LogP contribution in [0, 0.1) is 0 Å². The summed E-state index contributed by atoms with van der Waals surface area (Å²) < 4.78 is 1.69. The molecule has 5 nitrogen and oxygen atoms in total. The van der Waals surface area contributed by atoms with E-state index in [9.17, 15) is 5.11 Å². The van der Waals surface area contributed by atoms with Gasteiger partial charge in [-0.25, -0.2) is 9.67 Å². The number of halogens is 2. The van der Waals surface area contributed by atoms with Crippen LogP contribution in [0.15, 0.2) is 94.6 Å². The predicted molar refractivity (Wildman–Crippen MR) is 136 cm³/mol. The van der Waals surface area contributed by atoms with Gasteiger partial charge in [-0.05, 0) is 47.2 Å². The number of aromatic nitrogens is 2. The number of hydrogen-bond donors (Lipinski definition) is 1. The highest BCUT2D eigenvalue weighted by Crippen LogP contribution is 2.31. The fourth-order valence-electron chi connectivity index (χ4n) is 3.43. The molecule has 162 valence electrons. The zero-order chi connectivity index (χ0) is 22.8. The first-order valence-corrected chi connectivity index (χ1v) is 11.6. The molecule has 0 unspecified atom stereocenters. The number of benzene rings is 3. The molecule has 0 aliphatic rings. The quantitative estimate of drug-likeness (QED) is 0.278. The van der Waals surface area contributed by atoms with Gasteiger partial charge in [-0.2, -0.15) is 5.10 Å². The minimum atomic E-state index is 0.140. The molecule has 0 spiro atoms. The van der Waals surface area contributed by atoms with Crippen molar-refractivity contribution in [1.29, 1.82) is 0 Å². The van der Waals surface area contributed by atoms with Crippen molar-refractivity contribution in [2.24, 2.45) is 10.1 Å². The van der Waals surface area contributed by atoms with Crippen LogP contribution in [0.25, 0.3) is 22.0 Å². The van der Waals surface area contributed by atoms with Gasteiger partial charge < -0.3 is 5.11 Å². The molecule has 0 amide bonds. The van der Waals surface area contributed by atoms with Crippen molar-refractivity contribution in [3.05, 3.63) is 105 Å². The topological polar surface area (TPSA) is 62.8 Å². The van der Waals surface area contributed by atoms with Crippen LogP contribution in [-0.4, -0.2) is 21.0 Å². The molecule has 5 aromatic rings. The van der Waals surface area contributed by atoms with E-state index in [0.717, 1.165) is 22.0 Å². The molecule has 33 heavy (non-hydrogen) atoms. The Bertz CT molecular complexity index is 1560. The molecule has 2 aromatic heterocycles. The van der Waals surface area contributed by atoms with Gasteiger partial charge in [0.2, 0.25) is 4.80 Å². The molecular weight excluding hydrogens is 475 g/mol. The average Bonchev–Trinajstić information content (AvgIpc) is 3.22. The molecular formula is C25H16Cl2N4OS. The van der Waals surface area contributed by atoms with Crippen LogP contribution in [0.1, 0.15) is 5.56 Å². The molecule has 0 saturated carbocycles. The fraction of sp³-hybridized carbons (Fsp3) is 0. The Kier molecular flexibility index (Phi) is 5.96. The van der Waals surface area contributed by atoms with E-state index >= 15 is 0 Å². The lowest BCUT2D eigenvalue weighted by molar-refractivity contribution is 0.475. The molecule has 0 saturated heterocycles. The molecule has 0 radical (unpaired) electrons. The molecule has 8 heteroatoms. The monoisotopic (exact) mass is 490 g/mol. The van der Waals surface area contributed by atoms with Crippen LogP contribution in [0.5, 0.6) is 5.75 Å². The van der Waals surface area contributed by atoms with Gasteiger partial charge in [-0.3, -0.25) is 4.98 Å². The van der Waals surface area contributed by atoms with E-state index in [1.54, 1.807) is 47.5 Å². The van der Waals surface area contributed by atoms with Gasteiger partial charge in [-0.15, -0.1) is 11.3 Å². The predicted octanol–water partition coefficient (Wildman–Crippen LogP) is 6.89. The third kappa shape index (κ3) is 4.41. The zero-order valence-corrected chi connectivity index (χ0v) is 19.4. The fourth-order valence-corrected chi connectivity index (χ4v) is 4.67. The van der Waals surface area contributed by atoms with Crippen molar-refractivity contribution in [2.45, 2.75) is 0 Å². The van der Waals surface area contributed by atoms with Gasteiger partial charge in [-0.1, -0.05) is 53.5 Å². The Morgan fingerprint density at radius 1 is 1.00 bits per heavy atom. The van der Waals surface area contributed by atoms with Gasteiger partial charge in [0.15, 0.2) is 0 Å². The molecule has 5 rings (SSSR count). The normalized spacial score (nSPS) is 12.1. The van der Waals surface area contributed by atoms with Crippen LogP contribution in [-0.2, 0) is 0 Å². The van der Waals surface area contributed by atoms with Gasteiger partial charge in [0.25, 0.3) is 0 Å². The second-order valence-electron chi connectivity index (χ2n) is 7.13. The Balaban J connectivity index is 1.72. The molecule has 0 aliphatic heterocycles. The van der Waals surface area contributed by atoms with E-state index in [4.69, 9.17) is 33.3 Å². The Labute approximate surface area is 203 Å². The summed E-state index contributed by atoms with van der Waals surface area (Å²) in [6.45, 7) is 0. The highest BCUT2D eigenvalue weighted by molar-refractivity contribution is 7.07. The second-order valence-corrected chi connectivity index (χ2v) is 8.81. The van der Waals surface area contributed by atoms with Crippen LogP contribution in [0.2, 0.25) is 10.0 Å². The van der Waals surface area contributed by atoms with Crippen molar-refractivity contribution in [3.63, 3.8) is 0 Å². The number of phenolic OH excluding ortho intramolecular Hbond substituents is 1. The summed E-state index contributed by atoms with van der Waals surface area (Å²) in [5.74, 6) is 0.140. The highest BCUT2D eigenvalue weighted by Gasteiger charge is 2.13.